The summed E-state index contributed by atoms with van der Waals surface area (Å²) in [4.78, 5) is 21.6. The Morgan fingerprint density at radius 1 is 1.41 bits per heavy atom. The van der Waals surface area contributed by atoms with Crippen LogP contribution >= 0.6 is 23.2 Å². The van der Waals surface area contributed by atoms with Crippen molar-refractivity contribution in [1.29, 1.82) is 0 Å². The van der Waals surface area contributed by atoms with Crippen LogP contribution in [0.1, 0.15) is 26.2 Å². The Kier molecular flexibility index (Phi) is 5.47. The monoisotopic (exact) mass is 346 g/mol. The normalized spacial score (nSPS) is 20.7. The number of carbonyl (C=O) groups excluding carboxylic acids is 1. The van der Waals surface area contributed by atoms with E-state index in [9.17, 15) is 14.9 Å². The van der Waals surface area contributed by atoms with Gasteiger partial charge in [0.2, 0.25) is 0 Å². The molecule has 0 aromatic heterocycles. The number of benzene rings is 1. The molecule has 0 spiro atoms. The third-order valence-electron chi connectivity index (χ3n) is 3.74. The van der Waals surface area contributed by atoms with E-state index < -0.39 is 4.92 Å². The second-order valence-electron chi connectivity index (χ2n) is 5.28. The molecule has 2 atom stereocenters. The molecular weight excluding hydrogens is 331 g/mol. The summed E-state index contributed by atoms with van der Waals surface area (Å²) in [5.74, 6) is -0.205. The lowest BCUT2D eigenvalue weighted by molar-refractivity contribution is -0.384. The van der Waals surface area contributed by atoms with E-state index in [4.69, 9.17) is 27.9 Å². The SMILES string of the molecule is CC(=O)OCC1CCCC1Nc1cc(Cl)c(Cl)cc1[N+](=O)[O-]. The Hall–Kier alpha value is -1.53. The number of nitro groups is 1. The second-order valence-corrected chi connectivity index (χ2v) is 6.10. The van der Waals surface area contributed by atoms with Crippen LogP contribution in [-0.4, -0.2) is 23.5 Å². The van der Waals surface area contributed by atoms with Crippen LogP contribution in [0.5, 0.6) is 0 Å². The highest BCUT2D eigenvalue weighted by Crippen LogP contribution is 2.37. The van der Waals surface area contributed by atoms with Crippen molar-refractivity contribution in [3.05, 3.63) is 32.3 Å². The molecule has 1 aliphatic carbocycles. The maximum Gasteiger partial charge on any atom is 0.302 e. The first-order valence-electron chi connectivity index (χ1n) is 6.92. The third-order valence-corrected chi connectivity index (χ3v) is 4.46. The van der Waals surface area contributed by atoms with Gasteiger partial charge in [-0.3, -0.25) is 14.9 Å². The fraction of sp³-hybridized carbons (Fsp3) is 0.500. The lowest BCUT2D eigenvalue weighted by Gasteiger charge is -2.21. The smallest absolute Gasteiger partial charge is 0.302 e. The molecule has 1 aromatic carbocycles. The maximum atomic E-state index is 11.2. The van der Waals surface area contributed by atoms with Gasteiger partial charge < -0.3 is 10.1 Å². The van der Waals surface area contributed by atoms with Gasteiger partial charge in [0.1, 0.15) is 5.69 Å². The van der Waals surface area contributed by atoms with Crippen molar-refractivity contribution in [3.63, 3.8) is 0 Å². The second kappa shape index (κ2) is 7.15. The topological polar surface area (TPSA) is 81.5 Å². The number of hydrogen-bond donors (Lipinski definition) is 1. The molecule has 0 amide bonds. The summed E-state index contributed by atoms with van der Waals surface area (Å²) >= 11 is 11.8. The van der Waals surface area contributed by atoms with Gasteiger partial charge in [-0.25, -0.2) is 0 Å². The highest BCUT2D eigenvalue weighted by molar-refractivity contribution is 6.42. The van der Waals surface area contributed by atoms with Gasteiger partial charge in [-0.2, -0.15) is 0 Å². The van der Waals surface area contributed by atoms with E-state index in [1.165, 1.54) is 19.1 Å². The van der Waals surface area contributed by atoms with Gasteiger partial charge in [-0.15, -0.1) is 0 Å². The number of halogens is 2. The number of nitrogens with one attached hydrogen (secondary N) is 1. The number of anilines is 1. The fourth-order valence-corrected chi connectivity index (χ4v) is 2.98. The molecule has 0 saturated heterocycles. The van der Waals surface area contributed by atoms with Gasteiger partial charge in [0.15, 0.2) is 0 Å². The van der Waals surface area contributed by atoms with Crippen molar-refractivity contribution >= 4 is 40.5 Å². The molecule has 1 fully saturated rings. The minimum absolute atomic E-state index is 0.00436. The lowest BCUT2D eigenvalue weighted by Crippen LogP contribution is -2.28. The highest BCUT2D eigenvalue weighted by Gasteiger charge is 2.30. The summed E-state index contributed by atoms with van der Waals surface area (Å²) in [6, 6.07) is 2.70. The van der Waals surface area contributed by atoms with Crippen molar-refractivity contribution in [2.24, 2.45) is 5.92 Å². The van der Waals surface area contributed by atoms with Crippen molar-refractivity contribution in [1.82, 2.24) is 0 Å². The van der Waals surface area contributed by atoms with E-state index in [-0.39, 0.29) is 33.7 Å². The number of rotatable bonds is 5. The predicted octanol–water partition coefficient (Wildman–Crippen LogP) is 4.05. The summed E-state index contributed by atoms with van der Waals surface area (Å²) in [5, 5.41) is 14.7. The molecule has 0 heterocycles. The Morgan fingerprint density at radius 2 is 2.09 bits per heavy atom. The molecule has 2 rings (SSSR count). The van der Waals surface area contributed by atoms with Crippen LogP contribution < -0.4 is 5.32 Å². The molecule has 1 aliphatic rings. The van der Waals surface area contributed by atoms with Crippen LogP contribution in [0.15, 0.2) is 12.1 Å². The summed E-state index contributed by atoms with van der Waals surface area (Å²) in [6.07, 6.45) is 2.72. The Bertz CT molecular complexity index is 594. The van der Waals surface area contributed by atoms with E-state index in [0.29, 0.717) is 12.3 Å². The van der Waals surface area contributed by atoms with Crippen LogP contribution in [0.2, 0.25) is 10.0 Å². The Labute approximate surface area is 137 Å². The van der Waals surface area contributed by atoms with E-state index in [0.717, 1.165) is 19.3 Å². The number of nitro benzene ring substituents is 1. The summed E-state index contributed by atoms with van der Waals surface area (Å²) in [6.45, 7) is 1.67. The zero-order chi connectivity index (χ0) is 16.3. The average molecular weight is 347 g/mol. The third kappa shape index (κ3) is 4.01. The molecule has 1 N–H and O–H groups in total. The standard InChI is InChI=1S/C14H16Cl2N2O4/c1-8(19)22-7-9-3-2-4-12(9)17-13-5-10(15)11(16)6-14(13)18(20)21/h5-6,9,12,17H,2-4,7H2,1H3. The quantitative estimate of drug-likeness (QED) is 0.494. The van der Waals surface area contributed by atoms with Crippen LogP contribution in [0.25, 0.3) is 0 Å². The van der Waals surface area contributed by atoms with Crippen LogP contribution in [0.4, 0.5) is 11.4 Å². The number of ether oxygens (including phenoxy) is 1. The number of nitrogens with zero attached hydrogens (tertiary/aromatic N) is 1. The van der Waals surface area contributed by atoms with E-state index in [1.807, 2.05) is 0 Å². The van der Waals surface area contributed by atoms with E-state index in [1.54, 1.807) is 0 Å². The molecule has 0 bridgehead atoms. The lowest BCUT2D eigenvalue weighted by atomic mass is 10.0. The van der Waals surface area contributed by atoms with Crippen LogP contribution in [-0.2, 0) is 9.53 Å². The fourth-order valence-electron chi connectivity index (χ4n) is 2.65. The Balaban J connectivity index is 2.17. The number of hydrogen-bond acceptors (Lipinski definition) is 5. The number of esters is 1. The average Bonchev–Trinajstić information content (AvgIpc) is 2.87. The maximum absolute atomic E-state index is 11.2. The summed E-state index contributed by atoms with van der Waals surface area (Å²) < 4.78 is 5.05. The minimum Gasteiger partial charge on any atom is -0.465 e. The largest absolute Gasteiger partial charge is 0.465 e. The summed E-state index contributed by atoms with van der Waals surface area (Å²) in [7, 11) is 0. The Morgan fingerprint density at radius 3 is 2.73 bits per heavy atom. The van der Waals surface area contributed by atoms with Gasteiger partial charge >= 0.3 is 5.97 Å². The van der Waals surface area contributed by atoms with Crippen molar-refractivity contribution in [2.45, 2.75) is 32.2 Å². The number of carbonyl (C=O) groups is 1. The van der Waals surface area contributed by atoms with Crippen molar-refractivity contribution in [3.8, 4) is 0 Å². The molecule has 1 aromatic rings. The molecule has 8 heteroatoms. The van der Waals surface area contributed by atoms with Crippen molar-refractivity contribution < 1.29 is 14.5 Å². The molecule has 0 radical (unpaired) electrons. The zero-order valence-electron chi connectivity index (χ0n) is 12.0. The van der Waals surface area contributed by atoms with Crippen molar-refractivity contribution in [2.75, 3.05) is 11.9 Å². The molecular formula is C14H16Cl2N2O4. The molecule has 0 aliphatic heterocycles. The highest BCUT2D eigenvalue weighted by atomic mass is 35.5. The van der Waals surface area contributed by atoms with E-state index >= 15 is 0 Å². The molecule has 120 valence electrons. The molecule has 2 unspecified atom stereocenters. The van der Waals surface area contributed by atoms with Gasteiger partial charge in [0, 0.05) is 24.9 Å². The van der Waals surface area contributed by atoms with Crippen LogP contribution in [0, 0.1) is 16.0 Å². The van der Waals surface area contributed by atoms with Gasteiger partial charge in [0.05, 0.1) is 21.6 Å². The van der Waals surface area contributed by atoms with Gasteiger partial charge in [-0.05, 0) is 18.9 Å². The van der Waals surface area contributed by atoms with Gasteiger partial charge in [-0.1, -0.05) is 29.6 Å². The van der Waals surface area contributed by atoms with E-state index in [2.05, 4.69) is 5.32 Å². The molecule has 22 heavy (non-hydrogen) atoms. The molecule has 6 nitrogen and oxygen atoms in total. The summed E-state index contributed by atoms with van der Waals surface area (Å²) in [5.41, 5.74) is 0.215. The van der Waals surface area contributed by atoms with Crippen LogP contribution in [0.3, 0.4) is 0 Å². The first kappa shape index (κ1) is 16.8. The minimum atomic E-state index is -0.499. The van der Waals surface area contributed by atoms with Gasteiger partial charge in [0.25, 0.3) is 5.69 Å². The first-order chi connectivity index (χ1) is 10.4. The predicted molar refractivity (Wildman–Crippen MR) is 84.5 cm³/mol. The zero-order valence-corrected chi connectivity index (χ0v) is 13.5. The molecule has 1 saturated carbocycles. The first-order valence-corrected chi connectivity index (χ1v) is 7.67.